The van der Waals surface area contributed by atoms with Crippen molar-refractivity contribution < 1.29 is 0 Å². The van der Waals surface area contributed by atoms with Crippen LogP contribution in [-0.4, -0.2) is 20.2 Å². The van der Waals surface area contributed by atoms with Crippen LogP contribution in [0.2, 0.25) is 0 Å². The van der Waals surface area contributed by atoms with Crippen LogP contribution in [0.15, 0.2) is 18.2 Å². The van der Waals surface area contributed by atoms with Gasteiger partial charge in [-0.3, -0.25) is 0 Å². The maximum absolute atomic E-state index is 5.94. The maximum Gasteiger partial charge on any atom is 0.182 e. The Morgan fingerprint density at radius 1 is 1.39 bits per heavy atom. The number of rotatable bonds is 2. The number of nitrogens with zero attached hydrogens (tertiary/aromatic N) is 4. The molecule has 0 bridgehead atoms. The molecule has 1 saturated carbocycles. The molecule has 0 aliphatic heterocycles. The average Bonchev–Trinajstić information content (AvgIpc) is 2.77. The Morgan fingerprint density at radius 3 is 2.72 bits per heavy atom. The summed E-state index contributed by atoms with van der Waals surface area (Å²) in [6.45, 7) is 6.45. The van der Waals surface area contributed by atoms with E-state index in [1.807, 2.05) is 29.8 Å². The minimum Gasteiger partial charge on any atom is -0.398 e. The number of aryl methyl sites for hydroxylation is 1. The van der Waals surface area contributed by atoms with Gasteiger partial charge in [-0.05, 0) is 40.8 Å². The minimum atomic E-state index is 0.292. The Morgan fingerprint density at radius 2 is 2.11 bits per heavy atom. The maximum atomic E-state index is 5.94. The highest BCUT2D eigenvalue weighted by Gasteiger charge is 2.49. The summed E-state index contributed by atoms with van der Waals surface area (Å²) >= 11 is 0. The fraction of sp³-hybridized carbons (Fsp3) is 0.462. The fourth-order valence-electron chi connectivity index (χ4n) is 2.23. The Kier molecular flexibility index (Phi) is 2.20. The molecule has 0 saturated heterocycles. The van der Waals surface area contributed by atoms with E-state index in [0.29, 0.717) is 11.5 Å². The lowest BCUT2D eigenvalue weighted by atomic mass is 10.1. The number of anilines is 1. The summed E-state index contributed by atoms with van der Waals surface area (Å²) in [5.41, 5.74) is 9.06. The van der Waals surface area contributed by atoms with Gasteiger partial charge in [0.25, 0.3) is 0 Å². The van der Waals surface area contributed by atoms with Crippen molar-refractivity contribution in [3.05, 3.63) is 23.8 Å². The third-order valence-corrected chi connectivity index (χ3v) is 3.79. The van der Waals surface area contributed by atoms with Gasteiger partial charge in [-0.15, -0.1) is 5.10 Å². The highest BCUT2D eigenvalue weighted by atomic mass is 15.6. The summed E-state index contributed by atoms with van der Waals surface area (Å²) in [5.74, 6) is 0.803. The van der Waals surface area contributed by atoms with Crippen LogP contribution in [0.1, 0.15) is 31.9 Å². The van der Waals surface area contributed by atoms with Crippen LogP contribution >= 0.6 is 0 Å². The molecule has 18 heavy (non-hydrogen) atoms. The number of nitrogens with two attached hydrogens (primary N) is 1. The molecule has 1 aromatic carbocycles. The fourth-order valence-corrected chi connectivity index (χ4v) is 2.23. The highest BCUT2D eigenvalue weighted by Crippen LogP contribution is 2.55. The Labute approximate surface area is 106 Å². The van der Waals surface area contributed by atoms with Gasteiger partial charge >= 0.3 is 0 Å². The number of tetrazole rings is 1. The minimum absolute atomic E-state index is 0.292. The molecule has 94 valence electrons. The van der Waals surface area contributed by atoms with Gasteiger partial charge in [-0.2, -0.15) is 0 Å². The SMILES string of the molecule is Cc1ccc(-c2nnnn2C2CC2(C)C)cc1N. The van der Waals surface area contributed by atoms with E-state index >= 15 is 0 Å². The third-order valence-electron chi connectivity index (χ3n) is 3.79. The van der Waals surface area contributed by atoms with Crippen molar-refractivity contribution in [1.82, 2.24) is 20.2 Å². The van der Waals surface area contributed by atoms with Crippen LogP contribution < -0.4 is 5.73 Å². The van der Waals surface area contributed by atoms with Crippen molar-refractivity contribution in [1.29, 1.82) is 0 Å². The van der Waals surface area contributed by atoms with Gasteiger partial charge in [0, 0.05) is 11.3 Å². The third kappa shape index (κ3) is 1.66. The molecule has 5 nitrogen and oxygen atoms in total. The van der Waals surface area contributed by atoms with E-state index in [2.05, 4.69) is 29.4 Å². The molecular weight excluding hydrogens is 226 g/mol. The molecule has 0 radical (unpaired) electrons. The van der Waals surface area contributed by atoms with E-state index in [1.165, 1.54) is 0 Å². The first-order chi connectivity index (χ1) is 8.49. The molecule has 1 aliphatic carbocycles. The molecule has 1 aromatic heterocycles. The lowest BCUT2D eigenvalue weighted by Gasteiger charge is -2.07. The van der Waals surface area contributed by atoms with Crippen LogP contribution in [0.5, 0.6) is 0 Å². The number of nitrogen functional groups attached to an aromatic ring is 1. The topological polar surface area (TPSA) is 69.6 Å². The summed E-state index contributed by atoms with van der Waals surface area (Å²) in [5, 5.41) is 12.0. The van der Waals surface area contributed by atoms with Gasteiger partial charge in [0.15, 0.2) is 5.82 Å². The first-order valence-corrected chi connectivity index (χ1v) is 6.13. The largest absolute Gasteiger partial charge is 0.398 e. The molecular formula is C13H17N5. The normalized spacial score (nSPS) is 20.9. The monoisotopic (exact) mass is 243 g/mol. The van der Waals surface area contributed by atoms with Crippen molar-refractivity contribution >= 4 is 5.69 Å². The zero-order chi connectivity index (χ0) is 12.9. The van der Waals surface area contributed by atoms with Gasteiger partial charge in [0.1, 0.15) is 0 Å². The zero-order valence-electron chi connectivity index (χ0n) is 10.9. The summed E-state index contributed by atoms with van der Waals surface area (Å²) in [7, 11) is 0. The van der Waals surface area contributed by atoms with Gasteiger partial charge in [-0.1, -0.05) is 26.0 Å². The van der Waals surface area contributed by atoms with Crippen LogP contribution in [0.3, 0.4) is 0 Å². The smallest absolute Gasteiger partial charge is 0.182 e. The van der Waals surface area contributed by atoms with E-state index in [-0.39, 0.29) is 0 Å². The lowest BCUT2D eigenvalue weighted by Crippen LogP contribution is -2.05. The van der Waals surface area contributed by atoms with Crippen LogP contribution in [0.4, 0.5) is 5.69 Å². The Bertz CT molecular complexity index is 599. The van der Waals surface area contributed by atoms with Crippen LogP contribution in [0, 0.1) is 12.3 Å². The van der Waals surface area contributed by atoms with E-state index in [0.717, 1.165) is 29.1 Å². The molecule has 1 heterocycles. The van der Waals surface area contributed by atoms with Gasteiger partial charge in [0.2, 0.25) is 0 Å². The summed E-state index contributed by atoms with van der Waals surface area (Å²) < 4.78 is 1.92. The second-order valence-electron chi connectivity index (χ2n) is 5.73. The number of aromatic nitrogens is 4. The van der Waals surface area contributed by atoms with Crippen LogP contribution in [-0.2, 0) is 0 Å². The first-order valence-electron chi connectivity index (χ1n) is 6.13. The first kappa shape index (κ1) is 11.2. The molecule has 2 aromatic rings. The van der Waals surface area contributed by atoms with Gasteiger partial charge in [0.05, 0.1) is 6.04 Å². The van der Waals surface area contributed by atoms with Crippen molar-refractivity contribution in [2.45, 2.75) is 33.2 Å². The van der Waals surface area contributed by atoms with Crippen LogP contribution in [0.25, 0.3) is 11.4 Å². The summed E-state index contributed by atoms with van der Waals surface area (Å²) in [6.07, 6.45) is 1.12. The number of benzene rings is 1. The molecule has 0 spiro atoms. The van der Waals surface area contributed by atoms with Gasteiger partial charge in [-0.25, -0.2) is 4.68 Å². The quantitative estimate of drug-likeness (QED) is 0.821. The van der Waals surface area contributed by atoms with Crippen molar-refractivity contribution in [3.8, 4) is 11.4 Å². The van der Waals surface area contributed by atoms with Crippen molar-refractivity contribution in [3.63, 3.8) is 0 Å². The average molecular weight is 243 g/mol. The zero-order valence-corrected chi connectivity index (χ0v) is 10.9. The number of hydrogen-bond acceptors (Lipinski definition) is 4. The summed E-state index contributed by atoms with van der Waals surface area (Å²) in [4.78, 5) is 0. The number of hydrogen-bond donors (Lipinski definition) is 1. The molecule has 0 amide bonds. The Hall–Kier alpha value is -1.91. The lowest BCUT2D eigenvalue weighted by molar-refractivity contribution is 0.497. The molecule has 5 heteroatoms. The van der Waals surface area contributed by atoms with E-state index in [1.54, 1.807) is 0 Å². The molecule has 1 fully saturated rings. The Balaban J connectivity index is 2.02. The molecule has 1 atom stereocenters. The molecule has 2 N–H and O–H groups in total. The molecule has 1 aliphatic rings. The second-order valence-corrected chi connectivity index (χ2v) is 5.73. The van der Waals surface area contributed by atoms with E-state index in [4.69, 9.17) is 5.73 Å². The molecule has 1 unspecified atom stereocenters. The highest BCUT2D eigenvalue weighted by molar-refractivity contribution is 5.63. The second kappa shape index (κ2) is 3.54. The van der Waals surface area contributed by atoms with Crippen molar-refractivity contribution in [2.24, 2.45) is 5.41 Å². The predicted molar refractivity (Wildman–Crippen MR) is 69.8 cm³/mol. The van der Waals surface area contributed by atoms with Gasteiger partial charge < -0.3 is 5.73 Å². The van der Waals surface area contributed by atoms with E-state index in [9.17, 15) is 0 Å². The predicted octanol–water partition coefficient (Wildman–Crippen LogP) is 2.20. The van der Waals surface area contributed by atoms with E-state index < -0.39 is 0 Å². The molecule has 3 rings (SSSR count). The van der Waals surface area contributed by atoms with Crippen molar-refractivity contribution in [2.75, 3.05) is 5.73 Å². The standard InChI is InChI=1S/C13H17N5/c1-8-4-5-9(6-10(8)14)12-15-16-17-18(12)11-7-13(11,2)3/h4-6,11H,7,14H2,1-3H3. The summed E-state index contributed by atoms with van der Waals surface area (Å²) in [6, 6.07) is 6.35.